The minimum atomic E-state index is -0.610. The summed E-state index contributed by atoms with van der Waals surface area (Å²) in [6.07, 6.45) is 6.47. The molecule has 1 rings (SSSR count). The Hall–Kier alpha value is -2.10. The van der Waals surface area contributed by atoms with Crippen molar-refractivity contribution in [1.82, 2.24) is 5.32 Å². The smallest absolute Gasteiger partial charge is 0.328 e. The van der Waals surface area contributed by atoms with Crippen molar-refractivity contribution in [2.45, 2.75) is 58.4 Å². The number of unbranched alkanes of at least 4 members (excludes halogenated alkanes) is 1. The highest BCUT2D eigenvalue weighted by atomic mass is 16.5. The molecule has 0 fully saturated rings. The first-order chi connectivity index (χ1) is 12.1. The molecule has 4 nitrogen and oxygen atoms in total. The predicted molar refractivity (Wildman–Crippen MR) is 101 cm³/mol. The van der Waals surface area contributed by atoms with Crippen LogP contribution >= 0.6 is 0 Å². The van der Waals surface area contributed by atoms with Crippen LogP contribution in [0.4, 0.5) is 0 Å². The molecule has 0 bridgehead atoms. The number of benzene rings is 1. The van der Waals surface area contributed by atoms with E-state index in [2.05, 4.69) is 18.8 Å². The van der Waals surface area contributed by atoms with E-state index in [9.17, 15) is 9.59 Å². The number of esters is 1. The lowest BCUT2D eigenvalue weighted by Crippen LogP contribution is -2.44. The van der Waals surface area contributed by atoms with Gasteiger partial charge in [-0.3, -0.25) is 4.79 Å². The number of hydrogen-bond donors (Lipinski definition) is 1. The van der Waals surface area contributed by atoms with Gasteiger partial charge in [0.25, 0.3) is 0 Å². The minimum absolute atomic E-state index is 0.0838. The van der Waals surface area contributed by atoms with Gasteiger partial charge < -0.3 is 10.1 Å². The van der Waals surface area contributed by atoms with E-state index >= 15 is 0 Å². The molecular weight excluding hydrogens is 314 g/mol. The number of carbonyl (C=O) groups is 2. The summed E-state index contributed by atoms with van der Waals surface area (Å²) in [5, 5.41) is 2.90. The van der Waals surface area contributed by atoms with Crippen LogP contribution in [0, 0.1) is 5.92 Å². The number of allylic oxidation sites excluding steroid dienone is 1. The summed E-state index contributed by atoms with van der Waals surface area (Å²) in [6.45, 7) is 7.92. The van der Waals surface area contributed by atoms with Gasteiger partial charge in [0.05, 0.1) is 6.61 Å². The number of hydrogen-bond acceptors (Lipinski definition) is 3. The van der Waals surface area contributed by atoms with Gasteiger partial charge in [0.1, 0.15) is 6.04 Å². The molecule has 0 saturated heterocycles. The van der Waals surface area contributed by atoms with Crippen molar-refractivity contribution in [2.24, 2.45) is 5.92 Å². The van der Waals surface area contributed by atoms with Crippen molar-refractivity contribution in [1.29, 1.82) is 0 Å². The number of carbonyl (C=O) groups excluding carboxylic acids is 2. The second-order valence-electron chi connectivity index (χ2n) is 6.20. The van der Waals surface area contributed by atoms with Crippen molar-refractivity contribution in [3.05, 3.63) is 48.6 Å². The van der Waals surface area contributed by atoms with Gasteiger partial charge in [-0.1, -0.05) is 56.2 Å². The quantitative estimate of drug-likeness (QED) is 0.459. The summed E-state index contributed by atoms with van der Waals surface area (Å²) >= 11 is 0. The van der Waals surface area contributed by atoms with E-state index < -0.39 is 6.04 Å². The van der Waals surface area contributed by atoms with Gasteiger partial charge in [-0.2, -0.15) is 0 Å². The van der Waals surface area contributed by atoms with Crippen molar-refractivity contribution in [3.8, 4) is 0 Å². The predicted octanol–water partition coefficient (Wildman–Crippen LogP) is 4.05. The van der Waals surface area contributed by atoms with Crippen molar-refractivity contribution in [2.75, 3.05) is 6.61 Å². The molecule has 1 aromatic carbocycles. The van der Waals surface area contributed by atoms with Crippen LogP contribution in [0.25, 0.3) is 0 Å². The lowest BCUT2D eigenvalue weighted by atomic mass is 9.96. The molecule has 0 aliphatic carbocycles. The van der Waals surface area contributed by atoms with Crippen LogP contribution in [0.5, 0.6) is 0 Å². The van der Waals surface area contributed by atoms with Gasteiger partial charge >= 0.3 is 5.97 Å². The Morgan fingerprint density at radius 3 is 2.52 bits per heavy atom. The highest BCUT2D eigenvalue weighted by Crippen LogP contribution is 2.15. The SMILES string of the molecule is C=CC[C@H](CCCC)C(=O)N[C@@H](CCc1ccccc1)C(=O)OCC. The number of amides is 1. The fraction of sp³-hybridized carbons (Fsp3) is 0.524. The molecule has 138 valence electrons. The third kappa shape index (κ3) is 8.01. The van der Waals surface area contributed by atoms with Crippen molar-refractivity contribution >= 4 is 11.9 Å². The minimum Gasteiger partial charge on any atom is -0.464 e. The summed E-state index contributed by atoms with van der Waals surface area (Å²) in [5.74, 6) is -0.579. The zero-order valence-electron chi connectivity index (χ0n) is 15.5. The zero-order chi connectivity index (χ0) is 18.5. The van der Waals surface area contributed by atoms with Gasteiger partial charge in [0.15, 0.2) is 0 Å². The Bertz CT molecular complexity index is 527. The molecule has 1 N–H and O–H groups in total. The average Bonchev–Trinajstić information content (AvgIpc) is 2.62. The average molecular weight is 345 g/mol. The van der Waals surface area contributed by atoms with E-state index in [1.807, 2.05) is 30.3 Å². The first-order valence-electron chi connectivity index (χ1n) is 9.24. The van der Waals surface area contributed by atoms with E-state index in [1.165, 1.54) is 0 Å². The zero-order valence-corrected chi connectivity index (χ0v) is 15.5. The number of ether oxygens (including phenoxy) is 1. The molecule has 0 saturated carbocycles. The molecule has 0 radical (unpaired) electrons. The molecule has 2 atom stereocenters. The lowest BCUT2D eigenvalue weighted by Gasteiger charge is -2.21. The van der Waals surface area contributed by atoms with Crippen LogP contribution in [0.3, 0.4) is 0 Å². The molecule has 0 heterocycles. The molecule has 0 unspecified atom stereocenters. The van der Waals surface area contributed by atoms with E-state index in [-0.39, 0.29) is 17.8 Å². The lowest BCUT2D eigenvalue weighted by molar-refractivity contribution is -0.148. The summed E-state index contributed by atoms with van der Waals surface area (Å²) < 4.78 is 5.14. The second-order valence-corrected chi connectivity index (χ2v) is 6.20. The Morgan fingerprint density at radius 2 is 1.92 bits per heavy atom. The summed E-state index contributed by atoms with van der Waals surface area (Å²) in [7, 11) is 0. The summed E-state index contributed by atoms with van der Waals surface area (Å²) in [6, 6.07) is 9.33. The maximum atomic E-state index is 12.6. The van der Waals surface area contributed by atoms with E-state index in [0.29, 0.717) is 25.9 Å². The van der Waals surface area contributed by atoms with Crippen LogP contribution in [-0.2, 0) is 20.7 Å². The van der Waals surface area contributed by atoms with Gasteiger partial charge in [0, 0.05) is 5.92 Å². The van der Waals surface area contributed by atoms with E-state index in [4.69, 9.17) is 4.74 Å². The number of nitrogens with one attached hydrogen (secondary N) is 1. The normalized spacial score (nSPS) is 12.9. The Morgan fingerprint density at radius 1 is 1.20 bits per heavy atom. The van der Waals surface area contributed by atoms with Gasteiger partial charge in [-0.25, -0.2) is 4.79 Å². The van der Waals surface area contributed by atoms with Crippen molar-refractivity contribution in [3.63, 3.8) is 0 Å². The van der Waals surface area contributed by atoms with Crippen LogP contribution in [-0.4, -0.2) is 24.5 Å². The van der Waals surface area contributed by atoms with Crippen LogP contribution in [0.2, 0.25) is 0 Å². The maximum Gasteiger partial charge on any atom is 0.328 e. The first-order valence-corrected chi connectivity index (χ1v) is 9.24. The molecule has 0 aliphatic rings. The van der Waals surface area contributed by atoms with Gasteiger partial charge in [-0.05, 0) is 38.2 Å². The number of rotatable bonds is 12. The van der Waals surface area contributed by atoms with Crippen LogP contribution in [0.15, 0.2) is 43.0 Å². The van der Waals surface area contributed by atoms with Gasteiger partial charge in [0.2, 0.25) is 5.91 Å². The first kappa shape index (κ1) is 20.9. The Balaban J connectivity index is 2.71. The molecule has 1 amide bonds. The standard InChI is InChI=1S/C21H31NO3/c1-4-7-14-18(11-5-2)20(23)22-19(21(24)25-6-3)16-15-17-12-9-8-10-13-17/h5,8-10,12-13,18-19H,2,4,6-7,11,14-16H2,1,3H3,(H,22,23)/t18-,19+/m1/s1. The topological polar surface area (TPSA) is 55.4 Å². The molecule has 0 aromatic heterocycles. The van der Waals surface area contributed by atoms with E-state index in [1.54, 1.807) is 13.0 Å². The van der Waals surface area contributed by atoms with Gasteiger partial charge in [-0.15, -0.1) is 6.58 Å². The monoisotopic (exact) mass is 345 g/mol. The summed E-state index contributed by atoms with van der Waals surface area (Å²) in [4.78, 5) is 24.8. The van der Waals surface area contributed by atoms with Crippen molar-refractivity contribution < 1.29 is 14.3 Å². The highest BCUT2D eigenvalue weighted by Gasteiger charge is 2.25. The highest BCUT2D eigenvalue weighted by molar-refractivity contribution is 5.85. The molecular formula is C21H31NO3. The third-order valence-electron chi connectivity index (χ3n) is 4.18. The Kier molecular flexibility index (Phi) is 10.3. The maximum absolute atomic E-state index is 12.6. The number of aryl methyl sites for hydroxylation is 1. The third-order valence-corrected chi connectivity index (χ3v) is 4.18. The fourth-order valence-corrected chi connectivity index (χ4v) is 2.74. The second kappa shape index (κ2) is 12.3. The van der Waals surface area contributed by atoms with Crippen LogP contribution < -0.4 is 5.32 Å². The summed E-state index contributed by atoms with van der Waals surface area (Å²) in [5.41, 5.74) is 1.14. The molecule has 4 heteroatoms. The van der Waals surface area contributed by atoms with E-state index in [0.717, 1.165) is 24.8 Å². The molecule has 0 spiro atoms. The Labute approximate surface area is 151 Å². The fourth-order valence-electron chi connectivity index (χ4n) is 2.74. The largest absolute Gasteiger partial charge is 0.464 e. The molecule has 1 aromatic rings. The molecule has 0 aliphatic heterocycles. The molecule has 25 heavy (non-hydrogen) atoms. The van der Waals surface area contributed by atoms with Crippen LogP contribution in [0.1, 0.15) is 51.5 Å².